The summed E-state index contributed by atoms with van der Waals surface area (Å²) in [6, 6.07) is 5.89. The zero-order valence-corrected chi connectivity index (χ0v) is 10.2. The fraction of sp³-hybridized carbons (Fsp3) is 0.308. The summed E-state index contributed by atoms with van der Waals surface area (Å²) in [6.07, 6.45) is 0. The van der Waals surface area contributed by atoms with Crippen molar-refractivity contribution in [3.05, 3.63) is 35.0 Å². The molecule has 4 nitrogen and oxygen atoms in total. The van der Waals surface area contributed by atoms with Crippen LogP contribution < -0.4 is 0 Å². The SMILES string of the molecule is Cc1cccc2c(CN(C)C)c(C(=O)O)[nH]c12. The maximum absolute atomic E-state index is 11.2. The van der Waals surface area contributed by atoms with Gasteiger partial charge >= 0.3 is 5.97 Å². The fourth-order valence-corrected chi connectivity index (χ4v) is 2.08. The zero-order valence-electron chi connectivity index (χ0n) is 10.2. The highest BCUT2D eigenvalue weighted by Gasteiger charge is 2.17. The van der Waals surface area contributed by atoms with Crippen LogP contribution in [0, 0.1) is 6.92 Å². The van der Waals surface area contributed by atoms with E-state index in [2.05, 4.69) is 4.98 Å². The first-order valence-corrected chi connectivity index (χ1v) is 5.49. The molecule has 1 aromatic carbocycles. The number of hydrogen-bond acceptors (Lipinski definition) is 2. The van der Waals surface area contributed by atoms with Crippen LogP contribution in [0.4, 0.5) is 0 Å². The molecule has 0 aliphatic rings. The van der Waals surface area contributed by atoms with E-state index in [4.69, 9.17) is 0 Å². The molecule has 17 heavy (non-hydrogen) atoms. The van der Waals surface area contributed by atoms with Gasteiger partial charge in [0, 0.05) is 23.0 Å². The Hall–Kier alpha value is -1.81. The number of carbonyl (C=O) groups is 1. The van der Waals surface area contributed by atoms with E-state index in [0.717, 1.165) is 22.0 Å². The van der Waals surface area contributed by atoms with E-state index in [1.54, 1.807) is 0 Å². The maximum atomic E-state index is 11.2. The van der Waals surface area contributed by atoms with Gasteiger partial charge in [-0.15, -0.1) is 0 Å². The minimum Gasteiger partial charge on any atom is -0.477 e. The number of benzene rings is 1. The largest absolute Gasteiger partial charge is 0.477 e. The van der Waals surface area contributed by atoms with E-state index in [-0.39, 0.29) is 0 Å². The molecule has 2 aromatic rings. The average molecular weight is 232 g/mol. The van der Waals surface area contributed by atoms with Crippen LogP contribution >= 0.6 is 0 Å². The lowest BCUT2D eigenvalue weighted by molar-refractivity contribution is 0.0689. The lowest BCUT2D eigenvalue weighted by Gasteiger charge is -2.09. The summed E-state index contributed by atoms with van der Waals surface area (Å²) in [4.78, 5) is 16.2. The Bertz CT molecular complexity index is 570. The van der Waals surface area contributed by atoms with Crippen molar-refractivity contribution in [3.8, 4) is 0 Å². The number of hydrogen-bond donors (Lipinski definition) is 2. The van der Waals surface area contributed by atoms with Gasteiger partial charge in [0.25, 0.3) is 0 Å². The monoisotopic (exact) mass is 232 g/mol. The number of para-hydroxylation sites is 1. The van der Waals surface area contributed by atoms with Gasteiger partial charge < -0.3 is 15.0 Å². The van der Waals surface area contributed by atoms with Crippen molar-refractivity contribution in [2.24, 2.45) is 0 Å². The van der Waals surface area contributed by atoms with Crippen molar-refractivity contribution in [2.45, 2.75) is 13.5 Å². The summed E-state index contributed by atoms with van der Waals surface area (Å²) < 4.78 is 0. The van der Waals surface area contributed by atoms with Gasteiger partial charge in [0.15, 0.2) is 0 Å². The highest BCUT2D eigenvalue weighted by molar-refractivity contribution is 5.98. The van der Waals surface area contributed by atoms with Crippen LogP contribution in [0.2, 0.25) is 0 Å². The lowest BCUT2D eigenvalue weighted by atomic mass is 10.1. The maximum Gasteiger partial charge on any atom is 0.352 e. The van der Waals surface area contributed by atoms with E-state index >= 15 is 0 Å². The third-order valence-electron chi connectivity index (χ3n) is 2.84. The number of nitrogens with zero attached hydrogens (tertiary/aromatic N) is 1. The second kappa shape index (κ2) is 4.22. The Morgan fingerprint density at radius 3 is 2.71 bits per heavy atom. The summed E-state index contributed by atoms with van der Waals surface area (Å²) in [7, 11) is 3.86. The fourth-order valence-electron chi connectivity index (χ4n) is 2.08. The molecule has 2 rings (SSSR count). The van der Waals surface area contributed by atoms with Crippen LogP contribution in [0.5, 0.6) is 0 Å². The predicted molar refractivity (Wildman–Crippen MR) is 67.4 cm³/mol. The van der Waals surface area contributed by atoms with Crippen molar-refractivity contribution < 1.29 is 9.90 Å². The van der Waals surface area contributed by atoms with Crippen LogP contribution in [-0.2, 0) is 6.54 Å². The normalized spacial score (nSPS) is 11.3. The average Bonchev–Trinajstić information content (AvgIpc) is 2.58. The van der Waals surface area contributed by atoms with Crippen molar-refractivity contribution in [1.29, 1.82) is 0 Å². The van der Waals surface area contributed by atoms with E-state index in [1.165, 1.54) is 0 Å². The molecule has 90 valence electrons. The Labute approximate surface area is 99.9 Å². The van der Waals surface area contributed by atoms with E-state index in [1.807, 2.05) is 44.1 Å². The Morgan fingerprint density at radius 1 is 1.41 bits per heavy atom. The first-order chi connectivity index (χ1) is 8.00. The quantitative estimate of drug-likeness (QED) is 0.853. The number of fused-ring (bicyclic) bond motifs is 1. The van der Waals surface area contributed by atoms with Crippen molar-refractivity contribution in [1.82, 2.24) is 9.88 Å². The molecule has 2 N–H and O–H groups in total. The Kier molecular flexibility index (Phi) is 2.90. The standard InChI is InChI=1S/C13H16N2O2/c1-8-5-4-6-9-10(7-15(2)3)12(13(16)17)14-11(8)9/h4-6,14H,7H2,1-3H3,(H,16,17). The highest BCUT2D eigenvalue weighted by atomic mass is 16.4. The Balaban J connectivity index is 2.71. The van der Waals surface area contributed by atoms with E-state index in [9.17, 15) is 9.90 Å². The molecule has 0 aliphatic carbocycles. The molecule has 1 aromatic heterocycles. The summed E-state index contributed by atoms with van der Waals surface area (Å²) in [5, 5.41) is 10.2. The van der Waals surface area contributed by atoms with Crippen LogP contribution in [0.3, 0.4) is 0 Å². The van der Waals surface area contributed by atoms with Gasteiger partial charge in [0.1, 0.15) is 5.69 Å². The molecule has 1 heterocycles. The van der Waals surface area contributed by atoms with Gasteiger partial charge in [-0.3, -0.25) is 0 Å². The van der Waals surface area contributed by atoms with Gasteiger partial charge in [-0.1, -0.05) is 18.2 Å². The Morgan fingerprint density at radius 2 is 2.12 bits per heavy atom. The molecule has 0 radical (unpaired) electrons. The van der Waals surface area contributed by atoms with Crippen molar-refractivity contribution in [3.63, 3.8) is 0 Å². The number of aryl methyl sites for hydroxylation is 1. The van der Waals surface area contributed by atoms with Crippen LogP contribution in [0.1, 0.15) is 21.6 Å². The first kappa shape index (κ1) is 11.7. The zero-order chi connectivity index (χ0) is 12.6. The van der Waals surface area contributed by atoms with Crippen LogP contribution in [0.25, 0.3) is 10.9 Å². The van der Waals surface area contributed by atoms with Gasteiger partial charge in [0.2, 0.25) is 0 Å². The predicted octanol–water partition coefficient (Wildman–Crippen LogP) is 2.24. The van der Waals surface area contributed by atoms with Crippen molar-refractivity contribution in [2.75, 3.05) is 14.1 Å². The number of H-pyrrole nitrogens is 1. The van der Waals surface area contributed by atoms with E-state index in [0.29, 0.717) is 12.2 Å². The molecule has 4 heteroatoms. The van der Waals surface area contributed by atoms with Gasteiger partial charge in [-0.05, 0) is 26.6 Å². The molecular weight excluding hydrogens is 216 g/mol. The highest BCUT2D eigenvalue weighted by Crippen LogP contribution is 2.25. The number of aromatic nitrogens is 1. The molecule has 0 aliphatic heterocycles. The van der Waals surface area contributed by atoms with Gasteiger partial charge in [0.05, 0.1) is 0 Å². The second-order valence-electron chi connectivity index (χ2n) is 4.52. The number of carboxylic acids is 1. The van der Waals surface area contributed by atoms with Gasteiger partial charge in [-0.2, -0.15) is 0 Å². The second-order valence-corrected chi connectivity index (χ2v) is 4.52. The first-order valence-electron chi connectivity index (χ1n) is 5.49. The smallest absolute Gasteiger partial charge is 0.352 e. The molecule has 0 saturated carbocycles. The third kappa shape index (κ3) is 2.03. The summed E-state index contributed by atoms with van der Waals surface area (Å²) in [5.74, 6) is -0.905. The van der Waals surface area contributed by atoms with Crippen LogP contribution in [-0.4, -0.2) is 35.1 Å². The minimum atomic E-state index is -0.905. The molecule has 0 saturated heterocycles. The number of nitrogens with one attached hydrogen (secondary N) is 1. The van der Waals surface area contributed by atoms with Gasteiger partial charge in [-0.25, -0.2) is 4.79 Å². The molecule has 0 amide bonds. The number of rotatable bonds is 3. The number of aromatic carboxylic acids is 1. The van der Waals surface area contributed by atoms with Crippen LogP contribution in [0.15, 0.2) is 18.2 Å². The number of aromatic amines is 1. The minimum absolute atomic E-state index is 0.294. The summed E-state index contributed by atoms with van der Waals surface area (Å²) >= 11 is 0. The summed E-state index contributed by atoms with van der Waals surface area (Å²) in [5.41, 5.74) is 3.13. The lowest BCUT2D eigenvalue weighted by Crippen LogP contribution is -2.13. The van der Waals surface area contributed by atoms with E-state index < -0.39 is 5.97 Å². The molecular formula is C13H16N2O2. The summed E-state index contributed by atoms with van der Waals surface area (Å²) in [6.45, 7) is 2.59. The van der Waals surface area contributed by atoms with Crippen molar-refractivity contribution >= 4 is 16.9 Å². The topological polar surface area (TPSA) is 56.3 Å². The molecule has 0 bridgehead atoms. The molecule has 0 spiro atoms. The molecule has 0 unspecified atom stereocenters. The molecule has 0 fully saturated rings. The third-order valence-corrected chi connectivity index (χ3v) is 2.84. The number of carboxylic acid groups (broad SMARTS) is 1. The molecule has 0 atom stereocenters.